The molecule has 4 rings (SSSR count). The zero-order valence-electron chi connectivity index (χ0n) is 16.5. The fourth-order valence-electron chi connectivity index (χ4n) is 3.14. The van der Waals surface area contributed by atoms with E-state index in [-0.39, 0.29) is 11.6 Å². The number of carbonyl (C=O) groups excluding carboxylic acids is 1. The molecule has 0 aliphatic rings. The maximum absolute atomic E-state index is 13.3. The first-order chi connectivity index (χ1) is 14.5. The summed E-state index contributed by atoms with van der Waals surface area (Å²) >= 11 is 0. The molecule has 0 spiro atoms. The minimum atomic E-state index is -0.463. The minimum Gasteiger partial charge on any atom is -0.347 e. The van der Waals surface area contributed by atoms with E-state index in [4.69, 9.17) is 0 Å². The summed E-state index contributed by atoms with van der Waals surface area (Å²) in [6.45, 7) is 4.24. The number of rotatable bonds is 5. The first kappa shape index (κ1) is 19.4. The third-order valence-corrected chi connectivity index (χ3v) is 4.58. The van der Waals surface area contributed by atoms with Gasteiger partial charge in [-0.2, -0.15) is 5.10 Å². The lowest BCUT2D eigenvalue weighted by Gasteiger charge is -2.09. The Morgan fingerprint density at radius 1 is 1.07 bits per heavy atom. The van der Waals surface area contributed by atoms with Gasteiger partial charge in [-0.1, -0.05) is 6.07 Å². The van der Waals surface area contributed by atoms with Crippen LogP contribution < -0.4 is 5.32 Å². The quantitative estimate of drug-likeness (QED) is 0.532. The number of amides is 1. The number of aryl methyl sites for hydroxylation is 2. The number of nitrogens with zero attached hydrogens (tertiary/aromatic N) is 4. The van der Waals surface area contributed by atoms with Crippen molar-refractivity contribution < 1.29 is 9.18 Å². The molecular formula is C22H19FN6O. The summed E-state index contributed by atoms with van der Waals surface area (Å²) in [5, 5.41) is 9.57. The Kier molecular flexibility index (Phi) is 5.30. The van der Waals surface area contributed by atoms with Gasteiger partial charge >= 0.3 is 0 Å². The van der Waals surface area contributed by atoms with Crippen LogP contribution in [0, 0.1) is 19.7 Å². The van der Waals surface area contributed by atoms with E-state index in [9.17, 15) is 9.18 Å². The molecule has 1 amide bonds. The van der Waals surface area contributed by atoms with Gasteiger partial charge in [0, 0.05) is 42.0 Å². The number of halogens is 1. The highest BCUT2D eigenvalue weighted by atomic mass is 19.1. The Morgan fingerprint density at radius 2 is 1.93 bits per heavy atom. The summed E-state index contributed by atoms with van der Waals surface area (Å²) in [5.41, 5.74) is 5.93. The topological polar surface area (TPSA) is 96.5 Å². The summed E-state index contributed by atoms with van der Waals surface area (Å²) in [5.74, 6) is -0.778. The fraction of sp³-hybridized carbons (Fsp3) is 0.136. The number of aromatic amines is 1. The molecule has 0 saturated carbocycles. The zero-order valence-corrected chi connectivity index (χ0v) is 16.5. The maximum atomic E-state index is 13.3. The van der Waals surface area contributed by atoms with Crippen LogP contribution in [0.1, 0.15) is 27.3 Å². The molecule has 7 nitrogen and oxygen atoms in total. The SMILES string of the molecule is Cc1cc(-c2ncc(CNC(=O)c3cc(-c4cncc(F)c4)n[nH]3)cc2C)ccn1. The highest BCUT2D eigenvalue weighted by Gasteiger charge is 2.12. The average Bonchev–Trinajstić information content (AvgIpc) is 3.22. The molecule has 0 bridgehead atoms. The second kappa shape index (κ2) is 8.20. The lowest BCUT2D eigenvalue weighted by atomic mass is 10.1. The molecule has 2 N–H and O–H groups in total. The summed E-state index contributed by atoms with van der Waals surface area (Å²) in [4.78, 5) is 25.0. The summed E-state index contributed by atoms with van der Waals surface area (Å²) < 4.78 is 13.3. The van der Waals surface area contributed by atoms with Crippen LogP contribution in [0.5, 0.6) is 0 Å². The molecule has 0 saturated heterocycles. The van der Waals surface area contributed by atoms with Crippen LogP contribution in [0.25, 0.3) is 22.5 Å². The molecule has 4 heterocycles. The largest absolute Gasteiger partial charge is 0.347 e. The standard InChI is InChI=1S/C22H19FN6O/c1-13-5-15(9-26-21(13)16-3-4-25-14(2)6-16)10-27-22(30)20-8-19(28-29-20)17-7-18(23)12-24-11-17/h3-9,11-12H,10H2,1-2H3,(H,27,30)(H,28,29). The summed E-state index contributed by atoms with van der Waals surface area (Å²) in [6, 6.07) is 8.78. The van der Waals surface area contributed by atoms with Gasteiger partial charge < -0.3 is 5.32 Å². The van der Waals surface area contributed by atoms with Gasteiger partial charge in [-0.15, -0.1) is 0 Å². The lowest BCUT2D eigenvalue weighted by molar-refractivity contribution is 0.0946. The van der Waals surface area contributed by atoms with Gasteiger partial charge in [-0.25, -0.2) is 4.39 Å². The van der Waals surface area contributed by atoms with E-state index in [0.717, 1.165) is 34.3 Å². The molecule has 0 aliphatic carbocycles. The Balaban J connectivity index is 1.44. The van der Waals surface area contributed by atoms with Gasteiger partial charge in [0.05, 0.1) is 17.6 Å². The van der Waals surface area contributed by atoms with E-state index in [1.165, 1.54) is 12.3 Å². The summed E-state index contributed by atoms with van der Waals surface area (Å²) in [6.07, 6.45) is 6.11. The third-order valence-electron chi connectivity index (χ3n) is 4.58. The smallest absolute Gasteiger partial charge is 0.269 e. The Bertz CT molecular complexity index is 1220. The Labute approximate surface area is 172 Å². The van der Waals surface area contributed by atoms with Gasteiger partial charge in [0.25, 0.3) is 5.91 Å². The fourth-order valence-corrected chi connectivity index (χ4v) is 3.14. The normalized spacial score (nSPS) is 10.8. The predicted octanol–water partition coefficient (Wildman–Crippen LogP) is 3.61. The van der Waals surface area contributed by atoms with Crippen molar-refractivity contribution in [3.05, 3.63) is 83.5 Å². The molecule has 0 atom stereocenters. The van der Waals surface area contributed by atoms with E-state index >= 15 is 0 Å². The van der Waals surface area contributed by atoms with Crippen LogP contribution in [0.4, 0.5) is 4.39 Å². The molecule has 4 aromatic rings. The van der Waals surface area contributed by atoms with Crippen molar-refractivity contribution >= 4 is 5.91 Å². The van der Waals surface area contributed by atoms with Gasteiger partial charge in [0.15, 0.2) is 0 Å². The van der Waals surface area contributed by atoms with Crippen LogP contribution in [0.3, 0.4) is 0 Å². The highest BCUT2D eigenvalue weighted by Crippen LogP contribution is 2.22. The predicted molar refractivity (Wildman–Crippen MR) is 110 cm³/mol. The van der Waals surface area contributed by atoms with E-state index in [2.05, 4.69) is 30.5 Å². The van der Waals surface area contributed by atoms with E-state index in [1.807, 2.05) is 32.0 Å². The number of hydrogen-bond donors (Lipinski definition) is 2. The molecule has 4 aromatic heterocycles. The summed E-state index contributed by atoms with van der Waals surface area (Å²) in [7, 11) is 0. The minimum absolute atomic E-state index is 0.280. The molecule has 0 fully saturated rings. The van der Waals surface area contributed by atoms with Crippen LogP contribution in [0.2, 0.25) is 0 Å². The molecule has 0 radical (unpaired) electrons. The first-order valence-corrected chi connectivity index (χ1v) is 9.32. The van der Waals surface area contributed by atoms with Crippen LogP contribution in [-0.4, -0.2) is 31.1 Å². The number of H-pyrrole nitrogens is 1. The second-order valence-electron chi connectivity index (χ2n) is 6.94. The van der Waals surface area contributed by atoms with Crippen LogP contribution in [-0.2, 0) is 6.54 Å². The highest BCUT2D eigenvalue weighted by molar-refractivity contribution is 5.93. The second-order valence-corrected chi connectivity index (χ2v) is 6.94. The van der Waals surface area contributed by atoms with Crippen molar-refractivity contribution in [3.63, 3.8) is 0 Å². The molecule has 30 heavy (non-hydrogen) atoms. The molecule has 0 unspecified atom stereocenters. The molecular weight excluding hydrogens is 383 g/mol. The Hall–Kier alpha value is -3.94. The zero-order chi connectivity index (χ0) is 21.1. The van der Waals surface area contributed by atoms with Gasteiger partial charge in [0.1, 0.15) is 11.5 Å². The maximum Gasteiger partial charge on any atom is 0.269 e. The van der Waals surface area contributed by atoms with E-state index < -0.39 is 5.82 Å². The van der Waals surface area contributed by atoms with Crippen molar-refractivity contribution in [2.24, 2.45) is 0 Å². The Morgan fingerprint density at radius 3 is 2.70 bits per heavy atom. The molecule has 150 valence electrons. The first-order valence-electron chi connectivity index (χ1n) is 9.32. The third kappa shape index (κ3) is 4.22. The van der Waals surface area contributed by atoms with E-state index in [1.54, 1.807) is 18.5 Å². The number of hydrogen-bond acceptors (Lipinski definition) is 5. The number of aromatic nitrogens is 5. The van der Waals surface area contributed by atoms with Crippen molar-refractivity contribution in [1.82, 2.24) is 30.5 Å². The average molecular weight is 402 g/mol. The van der Waals surface area contributed by atoms with Crippen molar-refractivity contribution in [2.45, 2.75) is 20.4 Å². The monoisotopic (exact) mass is 402 g/mol. The van der Waals surface area contributed by atoms with Crippen LogP contribution >= 0.6 is 0 Å². The molecule has 8 heteroatoms. The lowest BCUT2D eigenvalue weighted by Crippen LogP contribution is -2.23. The van der Waals surface area contributed by atoms with Crippen molar-refractivity contribution in [1.29, 1.82) is 0 Å². The van der Waals surface area contributed by atoms with E-state index in [0.29, 0.717) is 17.8 Å². The molecule has 0 aromatic carbocycles. The van der Waals surface area contributed by atoms with Crippen molar-refractivity contribution in [2.75, 3.05) is 0 Å². The van der Waals surface area contributed by atoms with Crippen molar-refractivity contribution in [3.8, 4) is 22.5 Å². The van der Waals surface area contributed by atoms with Gasteiger partial charge in [-0.05, 0) is 49.2 Å². The van der Waals surface area contributed by atoms with Gasteiger partial charge in [-0.3, -0.25) is 24.8 Å². The number of nitrogens with one attached hydrogen (secondary N) is 2. The van der Waals surface area contributed by atoms with Crippen LogP contribution in [0.15, 0.2) is 55.1 Å². The molecule has 0 aliphatic heterocycles. The number of carbonyl (C=O) groups is 1. The van der Waals surface area contributed by atoms with Gasteiger partial charge in [0.2, 0.25) is 0 Å². The number of pyridine rings is 3.